The van der Waals surface area contributed by atoms with E-state index in [9.17, 15) is 0 Å². The molecule has 0 atom stereocenters. The van der Waals surface area contributed by atoms with Gasteiger partial charge in [-0.05, 0) is 95.6 Å². The minimum atomic E-state index is -0.253. The van der Waals surface area contributed by atoms with Crippen LogP contribution >= 0.6 is 7.92 Å². The molecular formula is C38H45OP. The first-order valence-corrected chi connectivity index (χ1v) is 17.8. The van der Waals surface area contributed by atoms with E-state index in [4.69, 9.17) is 4.74 Å². The van der Waals surface area contributed by atoms with Gasteiger partial charge in [0.2, 0.25) is 0 Å². The maximum absolute atomic E-state index is 7.03. The minimum absolute atomic E-state index is 0.253. The monoisotopic (exact) mass is 548 g/mol. The molecule has 40 heavy (non-hydrogen) atoms. The van der Waals surface area contributed by atoms with Crippen molar-refractivity contribution in [2.75, 3.05) is 0 Å². The summed E-state index contributed by atoms with van der Waals surface area (Å²) in [5, 5.41) is 7.14. The summed E-state index contributed by atoms with van der Waals surface area (Å²) in [6, 6.07) is 27.9. The summed E-state index contributed by atoms with van der Waals surface area (Å²) in [6.07, 6.45) is 20.9. The summed E-state index contributed by atoms with van der Waals surface area (Å²) in [6.45, 7) is 0. The Labute approximate surface area is 242 Å². The van der Waals surface area contributed by atoms with Crippen LogP contribution in [0.25, 0.3) is 32.7 Å². The van der Waals surface area contributed by atoms with Gasteiger partial charge in [-0.1, -0.05) is 120 Å². The molecule has 3 saturated carbocycles. The van der Waals surface area contributed by atoms with Crippen LogP contribution in [0.5, 0.6) is 5.75 Å². The van der Waals surface area contributed by atoms with Crippen molar-refractivity contribution in [1.82, 2.24) is 0 Å². The zero-order valence-electron chi connectivity index (χ0n) is 24.1. The predicted molar refractivity (Wildman–Crippen MR) is 175 cm³/mol. The number of hydrogen-bond acceptors (Lipinski definition) is 1. The topological polar surface area (TPSA) is 9.23 Å². The molecule has 3 fully saturated rings. The molecule has 4 aromatic carbocycles. The Balaban J connectivity index is 1.48. The Morgan fingerprint density at radius 2 is 0.975 bits per heavy atom. The first-order chi connectivity index (χ1) is 19.9. The molecule has 0 radical (unpaired) electrons. The molecule has 4 aromatic rings. The van der Waals surface area contributed by atoms with E-state index >= 15 is 0 Å². The van der Waals surface area contributed by atoms with Crippen LogP contribution in [0.15, 0.2) is 72.8 Å². The van der Waals surface area contributed by atoms with Crippen LogP contribution in [-0.2, 0) is 0 Å². The van der Waals surface area contributed by atoms with Crippen LogP contribution in [0, 0.1) is 0 Å². The highest BCUT2D eigenvalue weighted by Gasteiger charge is 2.35. The fourth-order valence-corrected chi connectivity index (χ4v) is 12.1. The van der Waals surface area contributed by atoms with E-state index in [1.54, 1.807) is 5.30 Å². The summed E-state index contributed by atoms with van der Waals surface area (Å²) >= 11 is 0. The number of benzene rings is 4. The Morgan fingerprint density at radius 1 is 0.475 bits per heavy atom. The quantitative estimate of drug-likeness (QED) is 0.218. The van der Waals surface area contributed by atoms with Gasteiger partial charge in [-0.2, -0.15) is 0 Å². The molecule has 3 aliphatic carbocycles. The molecule has 3 aliphatic rings. The van der Waals surface area contributed by atoms with E-state index in [0.29, 0.717) is 6.10 Å². The third kappa shape index (κ3) is 5.32. The maximum Gasteiger partial charge on any atom is 0.128 e. The first kappa shape index (κ1) is 26.5. The number of hydrogen-bond donors (Lipinski definition) is 0. The molecule has 0 amide bonds. The van der Waals surface area contributed by atoms with Crippen molar-refractivity contribution in [1.29, 1.82) is 0 Å². The van der Waals surface area contributed by atoms with Gasteiger partial charge >= 0.3 is 0 Å². The van der Waals surface area contributed by atoms with Crippen LogP contribution in [0.3, 0.4) is 0 Å². The maximum atomic E-state index is 7.03. The van der Waals surface area contributed by atoms with Gasteiger partial charge in [0.05, 0.1) is 6.10 Å². The average Bonchev–Trinajstić information content (AvgIpc) is 3.03. The fraction of sp³-hybridized carbons (Fsp3) is 0.474. The largest absolute Gasteiger partial charge is 0.490 e. The van der Waals surface area contributed by atoms with Gasteiger partial charge in [-0.25, -0.2) is 0 Å². The van der Waals surface area contributed by atoms with Crippen molar-refractivity contribution in [2.45, 2.75) is 114 Å². The zero-order valence-corrected chi connectivity index (χ0v) is 25.0. The van der Waals surface area contributed by atoms with E-state index in [0.717, 1.165) is 17.1 Å². The van der Waals surface area contributed by atoms with Crippen molar-refractivity contribution >= 4 is 34.8 Å². The molecule has 0 spiro atoms. The van der Waals surface area contributed by atoms with Gasteiger partial charge in [0.1, 0.15) is 5.75 Å². The van der Waals surface area contributed by atoms with Crippen LogP contribution in [0.1, 0.15) is 96.3 Å². The SMILES string of the molecule is c1ccc2c(-c3c(P(C4CCCCC4)C4CCCCC4)ccc4ccccc34)c(OC3CCCCC3)ccc2c1. The molecule has 0 saturated heterocycles. The molecule has 208 valence electrons. The highest BCUT2D eigenvalue weighted by molar-refractivity contribution is 7.67. The fourth-order valence-electron chi connectivity index (χ4n) is 8.12. The van der Waals surface area contributed by atoms with Crippen molar-refractivity contribution < 1.29 is 4.74 Å². The Hall–Kier alpha value is -2.37. The van der Waals surface area contributed by atoms with Gasteiger partial charge in [0.15, 0.2) is 0 Å². The Kier molecular flexibility index (Phi) is 8.12. The van der Waals surface area contributed by atoms with Gasteiger partial charge < -0.3 is 4.74 Å². The van der Waals surface area contributed by atoms with Gasteiger partial charge in [-0.15, -0.1) is 0 Å². The minimum Gasteiger partial charge on any atom is -0.490 e. The number of ether oxygens (including phenoxy) is 1. The lowest BCUT2D eigenvalue weighted by Crippen LogP contribution is -2.27. The van der Waals surface area contributed by atoms with E-state index in [1.165, 1.54) is 129 Å². The van der Waals surface area contributed by atoms with Crippen LogP contribution in [0.4, 0.5) is 0 Å². The predicted octanol–water partition coefficient (Wildman–Crippen LogP) is 11.1. The van der Waals surface area contributed by atoms with E-state index in [-0.39, 0.29) is 7.92 Å². The smallest absolute Gasteiger partial charge is 0.128 e. The molecule has 7 rings (SSSR count). The second-order valence-electron chi connectivity index (χ2n) is 12.7. The van der Waals surface area contributed by atoms with E-state index in [2.05, 4.69) is 72.8 Å². The van der Waals surface area contributed by atoms with Crippen LogP contribution in [0.2, 0.25) is 0 Å². The highest BCUT2D eigenvalue weighted by atomic mass is 31.1. The third-order valence-corrected chi connectivity index (χ3v) is 13.6. The number of fused-ring (bicyclic) bond motifs is 2. The highest BCUT2D eigenvalue weighted by Crippen LogP contribution is 2.57. The molecular weight excluding hydrogens is 503 g/mol. The molecule has 0 unspecified atom stereocenters. The lowest BCUT2D eigenvalue weighted by atomic mass is 9.92. The first-order valence-electron chi connectivity index (χ1n) is 16.4. The molecule has 0 aliphatic heterocycles. The second kappa shape index (κ2) is 12.2. The van der Waals surface area contributed by atoms with Crippen molar-refractivity contribution in [2.24, 2.45) is 0 Å². The Bertz CT molecular complexity index is 1420. The summed E-state index contributed by atoms with van der Waals surface area (Å²) in [5.74, 6) is 1.12. The molecule has 0 N–H and O–H groups in total. The van der Waals surface area contributed by atoms with E-state index < -0.39 is 0 Å². The summed E-state index contributed by atoms with van der Waals surface area (Å²) in [4.78, 5) is 0. The van der Waals surface area contributed by atoms with Gasteiger partial charge in [0, 0.05) is 11.1 Å². The van der Waals surface area contributed by atoms with Crippen LogP contribution < -0.4 is 10.0 Å². The van der Waals surface area contributed by atoms with Gasteiger partial charge in [0.25, 0.3) is 0 Å². The molecule has 2 heteroatoms. The Morgan fingerprint density at radius 3 is 1.57 bits per heavy atom. The zero-order chi connectivity index (χ0) is 26.7. The standard InChI is InChI=1S/C38H45OP/c1-4-16-30(17-5-1)39-35-26-24-28-14-10-12-22-33(28)37(35)38-34-23-13-11-15-29(34)25-27-36(38)40(31-18-6-2-7-19-31)32-20-8-3-9-21-32/h10-15,22-27,30-32H,1-9,16-21H2. The van der Waals surface area contributed by atoms with Crippen molar-refractivity contribution in [3.8, 4) is 16.9 Å². The summed E-state index contributed by atoms with van der Waals surface area (Å²) < 4.78 is 7.03. The number of rotatable bonds is 6. The molecule has 1 nitrogen and oxygen atoms in total. The molecule has 0 aromatic heterocycles. The lowest BCUT2D eigenvalue weighted by Gasteiger charge is -2.40. The third-order valence-electron chi connectivity index (χ3n) is 10.1. The molecule has 0 bridgehead atoms. The van der Waals surface area contributed by atoms with Crippen molar-refractivity contribution in [3.63, 3.8) is 0 Å². The average molecular weight is 549 g/mol. The normalized spacial score (nSPS) is 19.9. The lowest BCUT2D eigenvalue weighted by molar-refractivity contribution is 0.156. The second-order valence-corrected chi connectivity index (χ2v) is 15.5. The summed E-state index contributed by atoms with van der Waals surface area (Å²) in [5.41, 5.74) is 4.60. The van der Waals surface area contributed by atoms with Crippen LogP contribution in [-0.4, -0.2) is 17.4 Å². The summed E-state index contributed by atoms with van der Waals surface area (Å²) in [7, 11) is -0.253. The van der Waals surface area contributed by atoms with E-state index in [1.807, 2.05) is 0 Å². The van der Waals surface area contributed by atoms with Gasteiger partial charge in [-0.3, -0.25) is 0 Å². The molecule has 0 heterocycles. The van der Waals surface area contributed by atoms with Crippen molar-refractivity contribution in [3.05, 3.63) is 72.8 Å².